The highest BCUT2D eigenvalue weighted by Crippen LogP contribution is 2.22. The summed E-state index contributed by atoms with van der Waals surface area (Å²) in [6.07, 6.45) is -0.148. The van der Waals surface area contributed by atoms with Crippen LogP contribution in [0.5, 0.6) is 0 Å². The first-order valence-corrected chi connectivity index (χ1v) is 9.80. The van der Waals surface area contributed by atoms with Crippen molar-refractivity contribution in [1.82, 2.24) is 19.8 Å². The van der Waals surface area contributed by atoms with Crippen molar-refractivity contribution in [2.24, 2.45) is 0 Å². The van der Waals surface area contributed by atoms with Gasteiger partial charge in [-0.05, 0) is 25.0 Å². The molecule has 4 heterocycles. The van der Waals surface area contributed by atoms with E-state index in [9.17, 15) is 38.4 Å². The maximum atomic E-state index is 12.9. The second-order valence-corrected chi connectivity index (χ2v) is 7.84. The van der Waals surface area contributed by atoms with Gasteiger partial charge in [-0.2, -0.15) is 0 Å². The van der Waals surface area contributed by atoms with Crippen LogP contribution in [0.15, 0.2) is 31.3 Å². The molecule has 2 aliphatic heterocycles. The van der Waals surface area contributed by atoms with Gasteiger partial charge in [0.15, 0.2) is 0 Å². The Balaban J connectivity index is 1.71. The quantitative estimate of drug-likeness (QED) is 0.427. The molecule has 2 saturated heterocycles. The van der Waals surface area contributed by atoms with Crippen LogP contribution in [0.25, 0.3) is 21.5 Å². The third kappa shape index (κ3) is 2.62. The van der Waals surface area contributed by atoms with Crippen LogP contribution in [-0.2, 0) is 19.2 Å². The van der Waals surface area contributed by atoms with Crippen LogP contribution in [0.1, 0.15) is 37.8 Å². The van der Waals surface area contributed by atoms with Gasteiger partial charge in [0.05, 0.1) is 21.5 Å². The van der Waals surface area contributed by atoms with Crippen LogP contribution >= 0.6 is 0 Å². The molecule has 2 atom stereocenters. The number of hydrogen-bond acceptors (Lipinski definition) is 8. The molecule has 162 valence electrons. The predicted molar refractivity (Wildman–Crippen MR) is 108 cm³/mol. The molecule has 3 aromatic rings. The fraction of sp³-hybridized carbons (Fsp3) is 0.300. The molecule has 32 heavy (non-hydrogen) atoms. The van der Waals surface area contributed by atoms with Gasteiger partial charge in [-0.15, -0.1) is 0 Å². The number of nitrogens with one attached hydrogen (secondary N) is 2. The van der Waals surface area contributed by atoms with E-state index in [1.54, 1.807) is 0 Å². The summed E-state index contributed by atoms with van der Waals surface area (Å²) >= 11 is 0. The molecule has 0 bridgehead atoms. The summed E-state index contributed by atoms with van der Waals surface area (Å²) in [7, 11) is 0. The van der Waals surface area contributed by atoms with Crippen molar-refractivity contribution in [2.75, 3.05) is 0 Å². The Bertz CT molecular complexity index is 1410. The Morgan fingerprint density at radius 3 is 1.16 bits per heavy atom. The average Bonchev–Trinajstić information content (AvgIpc) is 3.12. The molecule has 2 N–H and O–H groups in total. The van der Waals surface area contributed by atoms with Gasteiger partial charge in [-0.3, -0.25) is 58.1 Å². The lowest BCUT2D eigenvalue weighted by Gasteiger charge is -2.20. The number of hydrogen-bond donors (Lipinski definition) is 2. The van der Waals surface area contributed by atoms with Crippen LogP contribution in [0.2, 0.25) is 0 Å². The fourth-order valence-corrected chi connectivity index (χ4v) is 4.43. The molecule has 12 heteroatoms. The second kappa shape index (κ2) is 6.64. The summed E-state index contributed by atoms with van der Waals surface area (Å²) in [5.41, 5.74) is -3.27. The van der Waals surface area contributed by atoms with Crippen molar-refractivity contribution in [1.29, 1.82) is 0 Å². The smallest absolute Gasteiger partial charge is 0.262 e. The Kier molecular flexibility index (Phi) is 4.09. The summed E-state index contributed by atoms with van der Waals surface area (Å²) in [6, 6.07) is -0.131. The van der Waals surface area contributed by atoms with E-state index in [0.717, 1.165) is 21.3 Å². The van der Waals surface area contributed by atoms with Gasteiger partial charge >= 0.3 is 0 Å². The molecule has 1 aromatic carbocycles. The number of fused-ring (bicyclic) bond motifs is 2. The number of amides is 4. The number of carbonyl (C=O) groups excluding carboxylic acids is 4. The van der Waals surface area contributed by atoms with Gasteiger partial charge in [-0.1, -0.05) is 0 Å². The van der Waals surface area contributed by atoms with Gasteiger partial charge in [0, 0.05) is 12.8 Å². The van der Waals surface area contributed by atoms with Crippen LogP contribution in [-0.4, -0.2) is 32.8 Å². The van der Waals surface area contributed by atoms with E-state index in [2.05, 4.69) is 10.6 Å². The molecule has 4 amide bonds. The van der Waals surface area contributed by atoms with Gasteiger partial charge in [0.25, 0.3) is 22.2 Å². The molecule has 0 saturated carbocycles. The fourth-order valence-electron chi connectivity index (χ4n) is 4.43. The lowest BCUT2D eigenvalue weighted by atomic mass is 10.1. The number of piperidine rings is 2. The van der Waals surface area contributed by atoms with Gasteiger partial charge in [0.2, 0.25) is 23.6 Å². The normalized spacial score (nSPS) is 21.9. The minimum Gasteiger partial charge on any atom is -0.295 e. The second-order valence-electron chi connectivity index (χ2n) is 7.84. The highest BCUT2D eigenvalue weighted by molar-refractivity contribution is 6.02. The summed E-state index contributed by atoms with van der Waals surface area (Å²) in [4.78, 5) is 98.8. The first kappa shape index (κ1) is 19.7. The molecule has 12 nitrogen and oxygen atoms in total. The molecule has 0 unspecified atom stereocenters. The molecular formula is C20H14N4O8. The molecule has 2 aromatic heterocycles. The molecule has 0 spiro atoms. The summed E-state index contributed by atoms with van der Waals surface area (Å²) in [5, 5.41) is 3.57. The lowest BCUT2D eigenvalue weighted by molar-refractivity contribution is -0.137. The van der Waals surface area contributed by atoms with E-state index < -0.39 is 57.9 Å². The number of aromatic nitrogens is 2. The zero-order chi connectivity index (χ0) is 22.9. The Labute approximate surface area is 176 Å². The van der Waals surface area contributed by atoms with Crippen molar-refractivity contribution in [2.45, 2.75) is 37.8 Å². The summed E-state index contributed by atoms with van der Waals surface area (Å²) < 4.78 is 1.46. The van der Waals surface area contributed by atoms with Crippen LogP contribution < -0.4 is 32.9 Å². The van der Waals surface area contributed by atoms with Crippen molar-refractivity contribution in [3.63, 3.8) is 0 Å². The van der Waals surface area contributed by atoms with Crippen molar-refractivity contribution in [3.05, 3.63) is 53.5 Å². The Morgan fingerprint density at radius 1 is 0.562 bits per heavy atom. The van der Waals surface area contributed by atoms with Crippen LogP contribution in [0, 0.1) is 0 Å². The van der Waals surface area contributed by atoms with E-state index in [1.165, 1.54) is 0 Å². The van der Waals surface area contributed by atoms with Crippen LogP contribution in [0.3, 0.4) is 0 Å². The highest BCUT2D eigenvalue weighted by Gasteiger charge is 2.34. The van der Waals surface area contributed by atoms with Gasteiger partial charge in [0.1, 0.15) is 12.1 Å². The van der Waals surface area contributed by atoms with Crippen molar-refractivity contribution >= 4 is 45.2 Å². The van der Waals surface area contributed by atoms with Crippen molar-refractivity contribution < 1.29 is 19.2 Å². The number of nitrogens with zero attached hydrogens (tertiary/aromatic N) is 2. The van der Waals surface area contributed by atoms with E-state index in [0.29, 0.717) is 0 Å². The van der Waals surface area contributed by atoms with E-state index >= 15 is 0 Å². The first-order chi connectivity index (χ1) is 15.2. The van der Waals surface area contributed by atoms with E-state index in [1.807, 2.05) is 0 Å². The first-order valence-electron chi connectivity index (χ1n) is 9.80. The minimum absolute atomic E-state index is 0.0308. The topological polar surface area (TPSA) is 170 Å². The third-order valence-electron chi connectivity index (χ3n) is 6.00. The van der Waals surface area contributed by atoms with Crippen LogP contribution in [0.4, 0.5) is 0 Å². The number of carbonyl (C=O) groups is 4. The number of imide groups is 2. The van der Waals surface area contributed by atoms with Gasteiger partial charge in [-0.25, -0.2) is 0 Å². The molecular weight excluding hydrogens is 424 g/mol. The maximum absolute atomic E-state index is 12.9. The molecule has 2 fully saturated rings. The predicted octanol–water partition coefficient (Wildman–Crippen LogP) is -2.13. The molecule has 2 aliphatic rings. The molecule has 0 radical (unpaired) electrons. The largest absolute Gasteiger partial charge is 0.295 e. The number of rotatable bonds is 2. The van der Waals surface area contributed by atoms with Gasteiger partial charge < -0.3 is 0 Å². The van der Waals surface area contributed by atoms with E-state index in [4.69, 9.17) is 0 Å². The highest BCUT2D eigenvalue weighted by atomic mass is 16.2. The SMILES string of the molecule is O=C1CC[C@H](n2c(=O)c3cc4c(=O)n([C@H]5CCC(=O)NC5=O)c(=O)c4cc3c2=O)C(=O)N1. The summed E-state index contributed by atoms with van der Waals surface area (Å²) in [6.45, 7) is 0. The maximum Gasteiger partial charge on any atom is 0.262 e. The van der Waals surface area contributed by atoms with Crippen molar-refractivity contribution in [3.8, 4) is 0 Å². The Hall–Kier alpha value is -4.22. The average molecular weight is 438 g/mol. The van der Waals surface area contributed by atoms with E-state index in [-0.39, 0.29) is 47.2 Å². The zero-order valence-corrected chi connectivity index (χ0v) is 16.3. The zero-order valence-electron chi connectivity index (χ0n) is 16.3. The molecule has 5 rings (SSSR count). The summed E-state index contributed by atoms with van der Waals surface area (Å²) in [5.74, 6) is -2.57. The molecule has 0 aliphatic carbocycles. The number of benzene rings is 1. The standard InChI is InChI=1S/C20H14N4O8/c25-13-3-1-11(15(27)21-13)23-17(29)7-5-9-10(6-8(7)18(23)30)20(32)24(19(9)31)12-2-4-14(26)22-16(12)28/h5-6,11-12H,1-4H2,(H,21,25,27)(H,22,26,28)/t11-,12-/m0/s1. The Morgan fingerprint density at radius 2 is 0.875 bits per heavy atom. The third-order valence-corrected chi connectivity index (χ3v) is 6.00. The monoisotopic (exact) mass is 438 g/mol. The minimum atomic E-state index is -1.18. The lowest BCUT2D eigenvalue weighted by Crippen LogP contribution is -2.46.